The molecule has 1 aromatic carbocycles. The molecular weight excluding hydrogens is 210 g/mol. The van der Waals surface area contributed by atoms with Crippen molar-refractivity contribution in [3.05, 3.63) is 29.8 Å². The summed E-state index contributed by atoms with van der Waals surface area (Å²) in [6.45, 7) is 4.12. The van der Waals surface area contributed by atoms with Crippen LogP contribution in [-0.2, 0) is 15.6 Å². The molecule has 0 spiro atoms. The normalized spacial score (nSPS) is 11.7. The minimum atomic E-state index is -2.93. The van der Waals surface area contributed by atoms with Gasteiger partial charge in [-0.15, -0.1) is 0 Å². The lowest BCUT2D eigenvalue weighted by Crippen LogP contribution is -2.09. The van der Waals surface area contributed by atoms with Crippen LogP contribution in [0.1, 0.15) is 19.4 Å². The number of anilines is 1. The minimum absolute atomic E-state index is 0.106. The van der Waals surface area contributed by atoms with Crippen LogP contribution in [0.3, 0.4) is 0 Å². The fourth-order valence-electron chi connectivity index (χ4n) is 1.33. The average molecular weight is 227 g/mol. The van der Waals surface area contributed by atoms with Crippen LogP contribution in [-0.4, -0.2) is 20.7 Å². The van der Waals surface area contributed by atoms with Crippen molar-refractivity contribution in [2.24, 2.45) is 0 Å². The quantitative estimate of drug-likeness (QED) is 0.856. The lowest BCUT2D eigenvalue weighted by Gasteiger charge is -2.10. The van der Waals surface area contributed by atoms with Crippen molar-refractivity contribution in [1.29, 1.82) is 0 Å². The highest BCUT2D eigenvalue weighted by Gasteiger charge is 2.04. The third-order valence-corrected chi connectivity index (χ3v) is 2.70. The van der Waals surface area contributed by atoms with Gasteiger partial charge in [0.1, 0.15) is 0 Å². The van der Waals surface area contributed by atoms with Crippen molar-refractivity contribution in [2.75, 3.05) is 11.6 Å². The fourth-order valence-corrected chi connectivity index (χ4v) is 2.13. The van der Waals surface area contributed by atoms with Crippen molar-refractivity contribution >= 4 is 15.5 Å². The lowest BCUT2D eigenvalue weighted by molar-refractivity contribution is 0.601. The molecule has 0 bridgehead atoms. The standard InChI is InChI=1S/C11H17NO2S/c1-9(2)12-11-6-4-10(5-7-11)8-15(3,13)14/h4-7,9,12H,8H2,1-3H3. The summed E-state index contributed by atoms with van der Waals surface area (Å²) in [6.07, 6.45) is 1.24. The molecule has 1 N–H and O–H groups in total. The van der Waals surface area contributed by atoms with E-state index in [4.69, 9.17) is 0 Å². The van der Waals surface area contributed by atoms with Gasteiger partial charge in [-0.05, 0) is 31.5 Å². The molecule has 0 amide bonds. The second kappa shape index (κ2) is 4.66. The molecule has 1 aromatic rings. The highest BCUT2D eigenvalue weighted by molar-refractivity contribution is 7.89. The molecule has 0 fully saturated rings. The number of benzene rings is 1. The molecule has 0 heterocycles. The van der Waals surface area contributed by atoms with E-state index in [1.165, 1.54) is 6.26 Å². The first-order valence-corrected chi connectivity index (χ1v) is 6.96. The van der Waals surface area contributed by atoms with Gasteiger partial charge in [-0.3, -0.25) is 0 Å². The van der Waals surface area contributed by atoms with Crippen LogP contribution in [0, 0.1) is 0 Å². The number of hydrogen-bond acceptors (Lipinski definition) is 3. The molecule has 0 radical (unpaired) electrons. The van der Waals surface area contributed by atoms with Crippen LogP contribution in [0.4, 0.5) is 5.69 Å². The predicted molar refractivity (Wildman–Crippen MR) is 63.7 cm³/mol. The van der Waals surface area contributed by atoms with Gasteiger partial charge in [-0.1, -0.05) is 12.1 Å². The van der Waals surface area contributed by atoms with Crippen molar-refractivity contribution in [3.8, 4) is 0 Å². The van der Waals surface area contributed by atoms with Gasteiger partial charge < -0.3 is 5.32 Å². The minimum Gasteiger partial charge on any atom is -0.383 e. The topological polar surface area (TPSA) is 46.2 Å². The Hall–Kier alpha value is -1.03. The van der Waals surface area contributed by atoms with E-state index in [0.29, 0.717) is 6.04 Å². The molecule has 0 aliphatic heterocycles. The summed E-state index contributed by atoms with van der Waals surface area (Å²) in [7, 11) is -2.93. The number of sulfone groups is 1. The molecule has 0 aliphatic rings. The SMILES string of the molecule is CC(C)Nc1ccc(CS(C)(=O)=O)cc1. The molecule has 0 atom stereocenters. The lowest BCUT2D eigenvalue weighted by atomic mass is 10.2. The van der Waals surface area contributed by atoms with E-state index in [-0.39, 0.29) is 5.75 Å². The Morgan fingerprint density at radius 3 is 2.13 bits per heavy atom. The summed E-state index contributed by atoms with van der Waals surface area (Å²) in [5.74, 6) is 0.106. The van der Waals surface area contributed by atoms with Gasteiger partial charge >= 0.3 is 0 Å². The van der Waals surface area contributed by atoms with Crippen LogP contribution in [0.2, 0.25) is 0 Å². The average Bonchev–Trinajstić information content (AvgIpc) is 2.05. The third kappa shape index (κ3) is 4.83. The second-order valence-electron chi connectivity index (χ2n) is 4.07. The Bertz CT molecular complexity index is 407. The molecule has 0 aliphatic carbocycles. The Morgan fingerprint density at radius 1 is 1.20 bits per heavy atom. The van der Waals surface area contributed by atoms with E-state index in [1.54, 1.807) is 0 Å². The first-order valence-electron chi connectivity index (χ1n) is 4.90. The largest absolute Gasteiger partial charge is 0.383 e. The number of hydrogen-bond donors (Lipinski definition) is 1. The maximum absolute atomic E-state index is 11.0. The van der Waals surface area contributed by atoms with E-state index in [0.717, 1.165) is 11.3 Å². The summed E-state index contributed by atoms with van der Waals surface area (Å²) in [6, 6.07) is 7.87. The Labute approximate surface area is 91.4 Å². The summed E-state index contributed by atoms with van der Waals surface area (Å²) >= 11 is 0. The van der Waals surface area contributed by atoms with Crippen molar-refractivity contribution in [3.63, 3.8) is 0 Å². The van der Waals surface area contributed by atoms with E-state index in [1.807, 2.05) is 24.3 Å². The van der Waals surface area contributed by atoms with Gasteiger partial charge in [0.15, 0.2) is 9.84 Å². The van der Waals surface area contributed by atoms with Gasteiger partial charge in [-0.2, -0.15) is 0 Å². The van der Waals surface area contributed by atoms with Gasteiger partial charge in [-0.25, -0.2) is 8.42 Å². The van der Waals surface area contributed by atoms with E-state index < -0.39 is 9.84 Å². The Kier molecular flexibility index (Phi) is 3.74. The van der Waals surface area contributed by atoms with Crippen molar-refractivity contribution in [1.82, 2.24) is 0 Å². The smallest absolute Gasteiger partial charge is 0.151 e. The maximum atomic E-state index is 11.0. The summed E-state index contributed by atoms with van der Waals surface area (Å²) in [5.41, 5.74) is 1.84. The van der Waals surface area contributed by atoms with Gasteiger partial charge in [0.25, 0.3) is 0 Å². The molecule has 3 nitrogen and oxygen atoms in total. The highest BCUT2D eigenvalue weighted by atomic mass is 32.2. The monoisotopic (exact) mass is 227 g/mol. The first kappa shape index (κ1) is 12.0. The van der Waals surface area contributed by atoms with Crippen LogP contribution in [0.15, 0.2) is 24.3 Å². The van der Waals surface area contributed by atoms with E-state index in [9.17, 15) is 8.42 Å². The van der Waals surface area contributed by atoms with E-state index in [2.05, 4.69) is 19.2 Å². The zero-order chi connectivity index (χ0) is 11.5. The molecule has 4 heteroatoms. The number of nitrogens with one attached hydrogen (secondary N) is 1. The zero-order valence-corrected chi connectivity index (χ0v) is 10.1. The van der Waals surface area contributed by atoms with Crippen LogP contribution >= 0.6 is 0 Å². The second-order valence-corrected chi connectivity index (χ2v) is 6.21. The molecule has 1 rings (SSSR count). The summed E-state index contributed by atoms with van der Waals surface area (Å²) in [4.78, 5) is 0. The van der Waals surface area contributed by atoms with E-state index >= 15 is 0 Å². The molecule has 0 aromatic heterocycles. The molecule has 0 unspecified atom stereocenters. The molecule has 84 valence electrons. The maximum Gasteiger partial charge on any atom is 0.151 e. The first-order chi connectivity index (χ1) is 6.87. The summed E-state index contributed by atoms with van der Waals surface area (Å²) in [5, 5.41) is 3.25. The molecule has 15 heavy (non-hydrogen) atoms. The fraction of sp³-hybridized carbons (Fsp3) is 0.455. The molecule has 0 saturated carbocycles. The molecular formula is C11H17NO2S. The Balaban J connectivity index is 2.73. The van der Waals surface area contributed by atoms with Crippen LogP contribution in [0.25, 0.3) is 0 Å². The van der Waals surface area contributed by atoms with Crippen molar-refractivity contribution in [2.45, 2.75) is 25.6 Å². The van der Waals surface area contributed by atoms with Crippen molar-refractivity contribution < 1.29 is 8.42 Å². The summed E-state index contributed by atoms with van der Waals surface area (Å²) < 4.78 is 22.1. The Morgan fingerprint density at radius 2 is 1.73 bits per heavy atom. The third-order valence-electron chi connectivity index (χ3n) is 1.84. The highest BCUT2D eigenvalue weighted by Crippen LogP contribution is 2.12. The molecule has 0 saturated heterocycles. The van der Waals surface area contributed by atoms with Gasteiger partial charge in [0.2, 0.25) is 0 Å². The van der Waals surface area contributed by atoms with Gasteiger partial charge in [0.05, 0.1) is 5.75 Å². The van der Waals surface area contributed by atoms with Gasteiger partial charge in [0, 0.05) is 18.0 Å². The number of rotatable bonds is 4. The van der Waals surface area contributed by atoms with Crippen LogP contribution < -0.4 is 5.32 Å². The zero-order valence-electron chi connectivity index (χ0n) is 9.32. The predicted octanol–water partition coefficient (Wildman–Crippen LogP) is 2.05. The van der Waals surface area contributed by atoms with Crippen LogP contribution in [0.5, 0.6) is 0 Å².